The number of hydrogen-bond donors (Lipinski definition) is 0. The minimum atomic E-state index is -0.158. The molecule has 0 spiro atoms. The van der Waals surface area contributed by atoms with Gasteiger partial charge in [0.15, 0.2) is 17.3 Å². The molecule has 2 aliphatic rings. The number of nitrogens with zero attached hydrogens (tertiary/aromatic N) is 1. The van der Waals surface area contributed by atoms with Gasteiger partial charge in [0.2, 0.25) is 5.78 Å². The number of hydrogen-bond acceptors (Lipinski definition) is 7. The summed E-state index contributed by atoms with van der Waals surface area (Å²) in [5.41, 5.74) is 2.15. The molecule has 2 aliphatic heterocycles. The van der Waals surface area contributed by atoms with E-state index in [-0.39, 0.29) is 11.5 Å². The number of ketones is 1. The lowest BCUT2D eigenvalue weighted by atomic mass is 10.0. The normalized spacial score (nSPS) is 16.6. The lowest BCUT2D eigenvalue weighted by Gasteiger charge is -2.29. The Kier molecular flexibility index (Phi) is 5.92. The first-order valence-electron chi connectivity index (χ1n) is 9.81. The summed E-state index contributed by atoms with van der Waals surface area (Å²) >= 11 is 0. The van der Waals surface area contributed by atoms with Gasteiger partial charge in [-0.3, -0.25) is 9.69 Å². The molecule has 0 radical (unpaired) electrons. The molecule has 30 heavy (non-hydrogen) atoms. The maximum Gasteiger partial charge on any atom is 0.231 e. The maximum atomic E-state index is 13.0. The Labute approximate surface area is 175 Å². The first-order chi connectivity index (χ1) is 14.7. The van der Waals surface area contributed by atoms with Crippen molar-refractivity contribution in [1.29, 1.82) is 0 Å². The van der Waals surface area contributed by atoms with E-state index in [0.29, 0.717) is 48.3 Å². The number of ether oxygens (including phenoxy) is 5. The molecule has 2 aromatic rings. The van der Waals surface area contributed by atoms with Crippen molar-refractivity contribution in [3.05, 3.63) is 52.8 Å². The van der Waals surface area contributed by atoms with Gasteiger partial charge >= 0.3 is 0 Å². The maximum absolute atomic E-state index is 13.0. The number of para-hydroxylation sites is 1. The van der Waals surface area contributed by atoms with Crippen LogP contribution in [0.1, 0.15) is 27.9 Å². The molecule has 2 heterocycles. The molecule has 0 fully saturated rings. The Balaban J connectivity index is 1.63. The Bertz CT molecular complexity index is 984. The van der Waals surface area contributed by atoms with Crippen molar-refractivity contribution in [2.45, 2.75) is 13.0 Å². The Morgan fingerprint density at radius 3 is 2.77 bits per heavy atom. The van der Waals surface area contributed by atoms with Gasteiger partial charge in [-0.25, -0.2) is 0 Å². The molecular weight excluding hydrogens is 386 g/mol. The third kappa shape index (κ3) is 3.74. The number of fused-ring (bicyclic) bond motifs is 3. The zero-order chi connectivity index (χ0) is 21.1. The van der Waals surface area contributed by atoms with Gasteiger partial charge in [-0.15, -0.1) is 0 Å². The third-order valence-corrected chi connectivity index (χ3v) is 5.23. The van der Waals surface area contributed by atoms with Crippen molar-refractivity contribution in [3.63, 3.8) is 0 Å². The van der Waals surface area contributed by atoms with Crippen LogP contribution in [-0.2, 0) is 11.3 Å². The van der Waals surface area contributed by atoms with E-state index < -0.39 is 0 Å². The largest absolute Gasteiger partial charge is 0.493 e. The van der Waals surface area contributed by atoms with Gasteiger partial charge in [-0.1, -0.05) is 12.1 Å². The summed E-state index contributed by atoms with van der Waals surface area (Å²) in [4.78, 5) is 15.2. The molecule has 0 saturated carbocycles. The molecule has 0 aromatic heterocycles. The summed E-state index contributed by atoms with van der Waals surface area (Å²) in [7, 11) is 4.84. The summed E-state index contributed by atoms with van der Waals surface area (Å²) in [5, 5.41) is 0. The van der Waals surface area contributed by atoms with Gasteiger partial charge in [-0.05, 0) is 30.7 Å². The van der Waals surface area contributed by atoms with Gasteiger partial charge in [0, 0.05) is 32.4 Å². The van der Waals surface area contributed by atoms with Crippen LogP contribution in [0.25, 0.3) is 6.08 Å². The number of methoxy groups -OCH3 is 3. The number of allylic oxidation sites excluding steroid dienone is 1. The Morgan fingerprint density at radius 2 is 2.00 bits per heavy atom. The van der Waals surface area contributed by atoms with Crippen molar-refractivity contribution in [2.24, 2.45) is 0 Å². The molecule has 0 N–H and O–H groups in total. The fraction of sp³-hybridized carbons (Fsp3) is 0.348. The molecule has 4 rings (SSSR count). The molecule has 7 nitrogen and oxygen atoms in total. The predicted molar refractivity (Wildman–Crippen MR) is 111 cm³/mol. The van der Waals surface area contributed by atoms with Crippen LogP contribution < -0.4 is 18.9 Å². The zero-order valence-electron chi connectivity index (χ0n) is 17.4. The van der Waals surface area contributed by atoms with Crippen LogP contribution in [0.3, 0.4) is 0 Å². The van der Waals surface area contributed by atoms with E-state index in [2.05, 4.69) is 4.90 Å². The first kappa shape index (κ1) is 20.3. The smallest absolute Gasteiger partial charge is 0.231 e. The summed E-state index contributed by atoms with van der Waals surface area (Å²) in [6.45, 7) is 2.70. The molecule has 2 aromatic carbocycles. The van der Waals surface area contributed by atoms with Crippen molar-refractivity contribution < 1.29 is 28.5 Å². The molecule has 0 saturated heterocycles. The average molecular weight is 411 g/mol. The molecule has 0 amide bonds. The lowest BCUT2D eigenvalue weighted by molar-refractivity contribution is 0.0823. The van der Waals surface area contributed by atoms with Crippen LogP contribution in [0.15, 0.2) is 36.1 Å². The first-order valence-corrected chi connectivity index (χ1v) is 9.81. The van der Waals surface area contributed by atoms with Gasteiger partial charge in [0.05, 0.1) is 25.3 Å². The Hall–Kier alpha value is -3.03. The van der Waals surface area contributed by atoms with E-state index in [1.165, 1.54) is 0 Å². The molecule has 0 unspecified atom stereocenters. The fourth-order valence-electron chi connectivity index (χ4n) is 3.75. The minimum absolute atomic E-state index is 0.158. The van der Waals surface area contributed by atoms with Crippen molar-refractivity contribution in [3.8, 4) is 23.0 Å². The highest BCUT2D eigenvalue weighted by Crippen LogP contribution is 2.42. The molecule has 0 atom stereocenters. The van der Waals surface area contributed by atoms with E-state index >= 15 is 0 Å². The zero-order valence-corrected chi connectivity index (χ0v) is 17.4. The van der Waals surface area contributed by atoms with Crippen molar-refractivity contribution >= 4 is 11.9 Å². The summed E-state index contributed by atoms with van der Waals surface area (Å²) in [5.74, 6) is 2.56. The highest BCUT2D eigenvalue weighted by molar-refractivity contribution is 6.15. The van der Waals surface area contributed by atoms with Crippen LogP contribution in [0.4, 0.5) is 0 Å². The second kappa shape index (κ2) is 8.77. The third-order valence-electron chi connectivity index (χ3n) is 5.23. The Morgan fingerprint density at radius 1 is 1.13 bits per heavy atom. The SMILES string of the molecule is COCCCN1COc2ccc3c(c2C1)OC(=Cc1cccc(OC)c1OC)C3=O. The van der Waals surface area contributed by atoms with Gasteiger partial charge in [-0.2, -0.15) is 0 Å². The van der Waals surface area contributed by atoms with Gasteiger partial charge < -0.3 is 23.7 Å². The second-order valence-electron chi connectivity index (χ2n) is 7.11. The molecule has 0 aliphatic carbocycles. The van der Waals surface area contributed by atoms with Gasteiger partial charge in [0.25, 0.3) is 0 Å². The van der Waals surface area contributed by atoms with Crippen molar-refractivity contribution in [1.82, 2.24) is 4.90 Å². The molecule has 7 heteroatoms. The van der Waals surface area contributed by atoms with E-state index in [0.717, 1.165) is 24.3 Å². The van der Waals surface area contributed by atoms with E-state index in [4.69, 9.17) is 23.7 Å². The molecule has 158 valence electrons. The lowest BCUT2D eigenvalue weighted by Crippen LogP contribution is -2.33. The van der Waals surface area contributed by atoms with Crippen LogP contribution in [0.2, 0.25) is 0 Å². The fourth-order valence-corrected chi connectivity index (χ4v) is 3.75. The number of carbonyl (C=O) groups excluding carboxylic acids is 1. The summed E-state index contributed by atoms with van der Waals surface area (Å²) in [6, 6.07) is 9.11. The average Bonchev–Trinajstić information content (AvgIpc) is 3.09. The number of Topliss-reactive ketones (excluding diaryl/α,β-unsaturated/α-hetero) is 1. The molecular formula is C23H25NO6. The predicted octanol–water partition coefficient (Wildman–Crippen LogP) is 3.51. The van der Waals surface area contributed by atoms with Gasteiger partial charge in [0.1, 0.15) is 18.2 Å². The highest BCUT2D eigenvalue weighted by Gasteiger charge is 2.33. The van der Waals surface area contributed by atoms with Crippen LogP contribution in [0.5, 0.6) is 23.0 Å². The highest BCUT2D eigenvalue weighted by atomic mass is 16.5. The monoisotopic (exact) mass is 411 g/mol. The van der Waals surface area contributed by atoms with Crippen LogP contribution in [-0.4, -0.2) is 51.9 Å². The quantitative estimate of drug-likeness (QED) is 0.510. The van der Waals surface area contributed by atoms with Crippen LogP contribution in [0, 0.1) is 0 Å². The standard InChI is InChI=1S/C23H25NO6/c1-26-11-5-10-24-13-17-18(29-14-24)9-8-16-21(25)20(30-23(16)17)12-15-6-4-7-19(27-2)22(15)28-3/h4,6-9,12H,5,10-11,13-14H2,1-3H3. The van der Waals surface area contributed by atoms with E-state index in [1.807, 2.05) is 18.2 Å². The summed E-state index contributed by atoms with van der Waals surface area (Å²) < 4.78 is 27.9. The minimum Gasteiger partial charge on any atom is -0.493 e. The molecule has 0 bridgehead atoms. The van der Waals surface area contributed by atoms with E-state index in [9.17, 15) is 4.79 Å². The van der Waals surface area contributed by atoms with Crippen molar-refractivity contribution in [2.75, 3.05) is 41.2 Å². The topological polar surface area (TPSA) is 66.5 Å². The number of rotatable bonds is 7. The number of benzene rings is 2. The second-order valence-corrected chi connectivity index (χ2v) is 7.11. The number of carbonyl (C=O) groups is 1. The van der Waals surface area contributed by atoms with E-state index in [1.54, 1.807) is 39.5 Å². The van der Waals surface area contributed by atoms with Crippen LogP contribution >= 0.6 is 0 Å². The summed E-state index contributed by atoms with van der Waals surface area (Å²) in [6.07, 6.45) is 2.60.